The fourth-order valence-electron chi connectivity index (χ4n) is 6.03. The van der Waals surface area contributed by atoms with Crippen LogP contribution in [0.5, 0.6) is 0 Å². The maximum absolute atomic E-state index is 15.7. The van der Waals surface area contributed by atoms with Crippen LogP contribution in [0.15, 0.2) is 36.4 Å². The van der Waals surface area contributed by atoms with Gasteiger partial charge in [0.15, 0.2) is 11.9 Å². The summed E-state index contributed by atoms with van der Waals surface area (Å²) in [4.78, 5) is 26.8. The molecule has 2 aliphatic heterocycles. The van der Waals surface area contributed by atoms with Gasteiger partial charge >= 0.3 is 5.97 Å². The van der Waals surface area contributed by atoms with Crippen LogP contribution in [0.3, 0.4) is 0 Å². The smallest absolute Gasteiger partial charge is 0.335 e. The van der Waals surface area contributed by atoms with Gasteiger partial charge in [-0.1, -0.05) is 18.2 Å². The Balaban J connectivity index is 0.000000434. The third kappa shape index (κ3) is 8.27. The highest BCUT2D eigenvalue weighted by atomic mass is 19.3. The molecule has 6 N–H and O–H groups in total. The topological polar surface area (TPSA) is 149 Å². The molecule has 0 bridgehead atoms. The Hall–Kier alpha value is -3.63. The van der Waals surface area contributed by atoms with E-state index in [0.717, 1.165) is 23.4 Å². The molecule has 10 nitrogen and oxygen atoms in total. The van der Waals surface area contributed by atoms with Gasteiger partial charge in [-0.2, -0.15) is 0 Å². The monoisotopic (exact) mass is 670 g/mol. The van der Waals surface area contributed by atoms with Crippen molar-refractivity contribution in [2.24, 2.45) is 0 Å². The maximum Gasteiger partial charge on any atom is 0.335 e. The van der Waals surface area contributed by atoms with Gasteiger partial charge < -0.3 is 30.7 Å². The number of alkyl halides is 3. The van der Waals surface area contributed by atoms with Gasteiger partial charge in [-0.25, -0.2) is 22.4 Å². The minimum absolute atomic E-state index is 0.0148. The van der Waals surface area contributed by atoms with Gasteiger partial charge in [0, 0.05) is 53.5 Å². The SMILES string of the molecule is CC(=O)[C@H](O)[C@@H](O)C(=O)O.C[C@@H]1Cc2c([nH]c3ccccc23)[C@@H](c2c(F)cc(NC3CN(CCCF)C3)cc2F)N1CC(F)(F)CO. The third-order valence-electron chi connectivity index (χ3n) is 8.42. The number of aliphatic hydroxyl groups excluding tert-OH is 3. The molecule has 0 amide bonds. The molecule has 3 aromatic rings. The quantitative estimate of drug-likeness (QED) is 0.160. The first-order valence-corrected chi connectivity index (χ1v) is 15.1. The van der Waals surface area contributed by atoms with E-state index in [-0.39, 0.29) is 24.0 Å². The first-order valence-electron chi connectivity index (χ1n) is 15.1. The minimum atomic E-state index is -3.44. The van der Waals surface area contributed by atoms with Gasteiger partial charge in [-0.15, -0.1) is 0 Å². The summed E-state index contributed by atoms with van der Waals surface area (Å²) in [5, 5.41) is 38.4. The van der Waals surface area contributed by atoms with Crippen LogP contribution in [0.4, 0.5) is 27.6 Å². The highest BCUT2D eigenvalue weighted by Gasteiger charge is 2.43. The lowest BCUT2D eigenvalue weighted by Gasteiger charge is -2.42. The number of H-pyrrole nitrogens is 1. The average molecular weight is 671 g/mol. The van der Waals surface area contributed by atoms with E-state index >= 15 is 8.78 Å². The molecule has 258 valence electrons. The number of aromatic amines is 1. The van der Waals surface area contributed by atoms with E-state index in [1.807, 2.05) is 24.3 Å². The van der Waals surface area contributed by atoms with Crippen LogP contribution < -0.4 is 5.32 Å². The zero-order chi connectivity index (χ0) is 34.6. The number of rotatable bonds is 12. The predicted octanol–water partition coefficient (Wildman–Crippen LogP) is 3.25. The second-order valence-electron chi connectivity index (χ2n) is 12.0. The van der Waals surface area contributed by atoms with E-state index in [4.69, 9.17) is 15.3 Å². The molecule has 1 saturated heterocycles. The van der Waals surface area contributed by atoms with Crippen molar-refractivity contribution in [1.82, 2.24) is 14.8 Å². The van der Waals surface area contributed by atoms with Crippen molar-refractivity contribution in [3.8, 4) is 0 Å². The number of carboxylic acid groups (broad SMARTS) is 1. The molecule has 2 aromatic carbocycles. The molecule has 0 aliphatic carbocycles. The molecular weight excluding hydrogens is 631 g/mol. The lowest BCUT2D eigenvalue weighted by atomic mass is 9.87. The van der Waals surface area contributed by atoms with Gasteiger partial charge in [-0.3, -0.25) is 19.0 Å². The fraction of sp³-hybridized carbons (Fsp3) is 0.500. The van der Waals surface area contributed by atoms with Crippen LogP contribution in [0, 0.1) is 11.6 Å². The van der Waals surface area contributed by atoms with Crippen LogP contribution in [0.2, 0.25) is 0 Å². The number of ketones is 1. The van der Waals surface area contributed by atoms with Crippen molar-refractivity contribution in [1.29, 1.82) is 0 Å². The molecule has 15 heteroatoms. The normalized spacial score (nSPS) is 20.1. The molecule has 0 saturated carbocycles. The minimum Gasteiger partial charge on any atom is -0.479 e. The fourth-order valence-corrected chi connectivity index (χ4v) is 6.03. The number of fused-ring (bicyclic) bond motifs is 3. The number of carbonyl (C=O) groups is 2. The third-order valence-corrected chi connectivity index (χ3v) is 8.42. The van der Waals surface area contributed by atoms with Crippen molar-refractivity contribution in [2.45, 2.75) is 62.9 Å². The number of halogens is 5. The van der Waals surface area contributed by atoms with E-state index in [9.17, 15) is 27.9 Å². The summed E-state index contributed by atoms with van der Waals surface area (Å²) in [7, 11) is 0. The summed E-state index contributed by atoms with van der Waals surface area (Å²) >= 11 is 0. The van der Waals surface area contributed by atoms with Gasteiger partial charge in [0.2, 0.25) is 0 Å². The zero-order valence-electron chi connectivity index (χ0n) is 25.9. The van der Waals surface area contributed by atoms with E-state index < -0.39 is 66.8 Å². The van der Waals surface area contributed by atoms with Crippen LogP contribution in [-0.2, 0) is 16.0 Å². The summed E-state index contributed by atoms with van der Waals surface area (Å²) in [6.45, 7) is 2.09. The molecule has 0 unspecified atom stereocenters. The number of para-hydroxylation sites is 1. The lowest BCUT2D eigenvalue weighted by Crippen LogP contribution is -2.54. The number of likely N-dealkylation sites (tertiary alicyclic amines) is 1. The molecule has 1 aromatic heterocycles. The van der Waals surface area contributed by atoms with Crippen molar-refractivity contribution in [3.05, 3.63) is 64.9 Å². The van der Waals surface area contributed by atoms with Gasteiger partial charge in [0.1, 0.15) is 24.3 Å². The Morgan fingerprint density at radius 1 is 1.11 bits per heavy atom. The molecule has 47 heavy (non-hydrogen) atoms. The second-order valence-corrected chi connectivity index (χ2v) is 12.0. The Morgan fingerprint density at radius 2 is 1.74 bits per heavy atom. The van der Waals surface area contributed by atoms with Crippen LogP contribution in [0.1, 0.15) is 43.1 Å². The van der Waals surface area contributed by atoms with E-state index in [2.05, 4.69) is 15.2 Å². The molecule has 1 fully saturated rings. The largest absolute Gasteiger partial charge is 0.479 e. The highest BCUT2D eigenvalue weighted by Crippen LogP contribution is 2.43. The second kappa shape index (κ2) is 15.1. The van der Waals surface area contributed by atoms with Crippen LogP contribution in [0.25, 0.3) is 10.9 Å². The van der Waals surface area contributed by atoms with Crippen molar-refractivity contribution in [2.75, 3.05) is 44.8 Å². The number of nitrogens with zero attached hydrogens (tertiary/aromatic N) is 2. The molecule has 0 radical (unpaired) electrons. The molecular formula is C32H39F5N4O6. The Bertz CT molecular complexity index is 1520. The molecule has 3 heterocycles. The molecule has 2 aliphatic rings. The number of anilines is 1. The molecule has 0 spiro atoms. The van der Waals surface area contributed by atoms with Gasteiger partial charge in [0.25, 0.3) is 5.92 Å². The maximum atomic E-state index is 15.7. The highest BCUT2D eigenvalue weighted by molar-refractivity contribution is 5.87. The number of aliphatic carboxylic acids is 1. The number of benzene rings is 2. The number of nitrogens with one attached hydrogen (secondary N) is 2. The number of carboxylic acids is 1. The first kappa shape index (κ1) is 36.2. The Labute approximate surface area is 267 Å². The van der Waals surface area contributed by atoms with Gasteiger partial charge in [0.05, 0.1) is 25.3 Å². The summed E-state index contributed by atoms with van der Waals surface area (Å²) in [6, 6.07) is 8.25. The number of carbonyl (C=O) groups excluding carboxylic acids is 1. The predicted molar refractivity (Wildman–Crippen MR) is 163 cm³/mol. The van der Waals surface area contributed by atoms with E-state index in [1.165, 1.54) is 17.0 Å². The summed E-state index contributed by atoms with van der Waals surface area (Å²) in [6.07, 6.45) is -2.97. The van der Waals surface area contributed by atoms with E-state index in [0.29, 0.717) is 38.2 Å². The molecule has 5 rings (SSSR count). The standard InChI is InChI=1S/C27H31F5N4O.C5H8O5/c1-16-9-20-19-5-2-3-6-23(19)34-25(20)26(36(16)14-27(31,32)15-37)24-21(29)10-17(11-22(24)30)33-18-12-35(13-18)8-4-7-28;1-2(6)3(7)4(8)5(9)10/h2-3,5-6,10-11,16,18,26,33-34,37H,4,7-9,12-15H2,1H3;3-4,7-8H,1H3,(H,9,10)/t16-,26-;3-,4+/m10/s1. The number of aromatic nitrogens is 1. The Morgan fingerprint density at radius 3 is 2.30 bits per heavy atom. The summed E-state index contributed by atoms with van der Waals surface area (Å²) in [5.41, 5.74) is 2.05. The first-order chi connectivity index (χ1) is 22.2. The van der Waals surface area contributed by atoms with Crippen LogP contribution >= 0.6 is 0 Å². The lowest BCUT2D eigenvalue weighted by molar-refractivity contribution is -0.156. The number of hydrogen-bond donors (Lipinski definition) is 6. The zero-order valence-corrected chi connectivity index (χ0v) is 25.9. The number of Topliss-reactive ketones (excluding diaryl/α,β-unsaturated/α-hetero) is 1. The van der Waals surface area contributed by atoms with Crippen molar-refractivity contribution >= 4 is 28.3 Å². The summed E-state index contributed by atoms with van der Waals surface area (Å²) < 4.78 is 72.5. The summed E-state index contributed by atoms with van der Waals surface area (Å²) in [5.74, 6) is -7.49. The molecule has 4 atom stereocenters. The van der Waals surface area contributed by atoms with Crippen LogP contribution in [-0.4, -0.2) is 117 Å². The Kier molecular flexibility index (Phi) is 11.6. The number of aliphatic hydroxyl groups is 3. The van der Waals surface area contributed by atoms with Gasteiger partial charge in [-0.05, 0) is 50.5 Å². The average Bonchev–Trinajstić information content (AvgIpc) is 3.36. The van der Waals surface area contributed by atoms with E-state index in [1.54, 1.807) is 6.92 Å². The van der Waals surface area contributed by atoms with Crippen molar-refractivity contribution < 1.29 is 52.0 Å². The van der Waals surface area contributed by atoms with Crippen molar-refractivity contribution in [3.63, 3.8) is 0 Å². The number of hydrogen-bond acceptors (Lipinski definition) is 8.